The summed E-state index contributed by atoms with van der Waals surface area (Å²) in [5.74, 6) is -3.26. The molecule has 0 atom stereocenters. The summed E-state index contributed by atoms with van der Waals surface area (Å²) in [6.07, 6.45) is -0.634. The van der Waals surface area contributed by atoms with Crippen molar-refractivity contribution in [3.05, 3.63) is 16.1 Å². The van der Waals surface area contributed by atoms with Gasteiger partial charge in [-0.3, -0.25) is 9.59 Å². The molecule has 7 heteroatoms. The predicted octanol–water partition coefficient (Wildman–Crippen LogP) is 2.22. The van der Waals surface area contributed by atoms with Gasteiger partial charge in [-0.05, 0) is 0 Å². The molecule has 1 fully saturated rings. The number of Topliss-reactive ketones (excluding diaryl/α,β-unsaturated/α-hetero) is 1. The van der Waals surface area contributed by atoms with Crippen LogP contribution in [0.1, 0.15) is 40.1 Å². The summed E-state index contributed by atoms with van der Waals surface area (Å²) in [4.78, 5) is 28.3. The third-order valence-electron chi connectivity index (χ3n) is 2.81. The second-order valence-corrected chi connectivity index (χ2v) is 5.10. The molecular formula is C11H12F2N2O2S. The molecule has 98 valence electrons. The number of carbonyl (C=O) groups is 2. The van der Waals surface area contributed by atoms with Gasteiger partial charge in [-0.1, -0.05) is 0 Å². The molecule has 0 aromatic carbocycles. The largest absolute Gasteiger partial charge is 0.337 e. The van der Waals surface area contributed by atoms with Gasteiger partial charge >= 0.3 is 0 Å². The Kier molecular flexibility index (Phi) is 3.43. The Morgan fingerprint density at radius 1 is 1.39 bits per heavy atom. The fraction of sp³-hybridized carbons (Fsp3) is 0.545. The fourth-order valence-electron chi connectivity index (χ4n) is 1.73. The minimum absolute atomic E-state index is 0.0266. The average molecular weight is 274 g/mol. The fourth-order valence-corrected chi connectivity index (χ4v) is 2.43. The molecule has 0 aliphatic carbocycles. The number of alkyl halides is 2. The Balaban J connectivity index is 2.05. The summed E-state index contributed by atoms with van der Waals surface area (Å²) in [5, 5.41) is 1.76. The SMILES string of the molecule is CC(=O)c1nc(C(=O)N2CCC(F)(F)CC2)cs1. The van der Waals surface area contributed by atoms with Gasteiger partial charge in [-0.2, -0.15) is 0 Å². The third-order valence-corrected chi connectivity index (χ3v) is 3.75. The van der Waals surface area contributed by atoms with Crippen LogP contribution in [0, 0.1) is 0 Å². The highest BCUT2D eigenvalue weighted by atomic mass is 32.1. The van der Waals surface area contributed by atoms with Crippen molar-refractivity contribution < 1.29 is 18.4 Å². The summed E-state index contributed by atoms with van der Waals surface area (Å²) >= 11 is 1.09. The monoisotopic (exact) mass is 274 g/mol. The van der Waals surface area contributed by atoms with Gasteiger partial charge in [0.25, 0.3) is 11.8 Å². The van der Waals surface area contributed by atoms with Crippen LogP contribution in [0.15, 0.2) is 5.38 Å². The Morgan fingerprint density at radius 2 is 2.00 bits per heavy atom. The molecule has 2 heterocycles. The van der Waals surface area contributed by atoms with Crippen molar-refractivity contribution in [3.8, 4) is 0 Å². The predicted molar refractivity (Wildman–Crippen MR) is 62.2 cm³/mol. The van der Waals surface area contributed by atoms with Crippen molar-refractivity contribution in [2.75, 3.05) is 13.1 Å². The van der Waals surface area contributed by atoms with Crippen LogP contribution in [0.5, 0.6) is 0 Å². The van der Waals surface area contributed by atoms with Gasteiger partial charge in [0.15, 0.2) is 10.8 Å². The number of amides is 1. The van der Waals surface area contributed by atoms with Crippen LogP contribution >= 0.6 is 11.3 Å². The summed E-state index contributed by atoms with van der Waals surface area (Å²) in [5.41, 5.74) is 0.162. The highest BCUT2D eigenvalue weighted by Crippen LogP contribution is 2.28. The molecule has 1 aliphatic rings. The first kappa shape index (κ1) is 13.1. The zero-order valence-corrected chi connectivity index (χ0v) is 10.6. The number of hydrogen-bond acceptors (Lipinski definition) is 4. The third kappa shape index (κ3) is 2.72. The van der Waals surface area contributed by atoms with Gasteiger partial charge in [0, 0.05) is 38.2 Å². The minimum Gasteiger partial charge on any atom is -0.337 e. The van der Waals surface area contributed by atoms with Gasteiger partial charge in [0.2, 0.25) is 0 Å². The first-order valence-electron chi connectivity index (χ1n) is 5.53. The number of rotatable bonds is 2. The zero-order valence-electron chi connectivity index (χ0n) is 9.78. The lowest BCUT2D eigenvalue weighted by atomic mass is 10.1. The number of halogens is 2. The molecule has 1 aromatic heterocycles. The summed E-state index contributed by atoms with van der Waals surface area (Å²) in [6, 6.07) is 0. The Labute approximate surface area is 107 Å². The van der Waals surface area contributed by atoms with E-state index >= 15 is 0 Å². The number of nitrogens with zero attached hydrogens (tertiary/aromatic N) is 2. The van der Waals surface area contributed by atoms with Gasteiger partial charge in [0.05, 0.1) is 0 Å². The number of ketones is 1. The van der Waals surface area contributed by atoms with E-state index in [1.54, 1.807) is 0 Å². The first-order valence-corrected chi connectivity index (χ1v) is 6.40. The number of aromatic nitrogens is 1. The molecule has 0 bridgehead atoms. The van der Waals surface area contributed by atoms with Crippen molar-refractivity contribution in [2.24, 2.45) is 0 Å². The van der Waals surface area contributed by atoms with Crippen molar-refractivity contribution in [3.63, 3.8) is 0 Å². The van der Waals surface area contributed by atoms with Crippen molar-refractivity contribution in [2.45, 2.75) is 25.7 Å². The summed E-state index contributed by atoms with van der Waals surface area (Å²) in [6.45, 7) is 1.42. The lowest BCUT2D eigenvalue weighted by Gasteiger charge is -2.31. The summed E-state index contributed by atoms with van der Waals surface area (Å²) in [7, 11) is 0. The van der Waals surface area contributed by atoms with Gasteiger partial charge in [-0.25, -0.2) is 13.8 Å². The minimum atomic E-state index is -2.68. The highest BCUT2D eigenvalue weighted by Gasteiger charge is 2.36. The van der Waals surface area contributed by atoms with E-state index in [2.05, 4.69) is 4.98 Å². The van der Waals surface area contributed by atoms with Gasteiger partial charge in [-0.15, -0.1) is 11.3 Å². The second kappa shape index (κ2) is 4.72. The topological polar surface area (TPSA) is 50.3 Å². The van der Waals surface area contributed by atoms with Crippen molar-refractivity contribution in [1.29, 1.82) is 0 Å². The Morgan fingerprint density at radius 3 is 2.50 bits per heavy atom. The average Bonchev–Trinajstić information content (AvgIpc) is 2.77. The van der Waals surface area contributed by atoms with E-state index in [-0.39, 0.29) is 48.3 Å². The van der Waals surface area contributed by atoms with E-state index in [0.29, 0.717) is 0 Å². The Hall–Kier alpha value is -1.37. The maximum atomic E-state index is 13.0. The molecule has 1 aliphatic heterocycles. The van der Waals surface area contributed by atoms with Crippen LogP contribution < -0.4 is 0 Å². The number of thiazole rings is 1. The molecule has 0 saturated carbocycles. The Bertz CT molecular complexity index is 477. The van der Waals surface area contributed by atoms with Crippen molar-refractivity contribution >= 4 is 23.0 Å². The lowest BCUT2D eigenvalue weighted by Crippen LogP contribution is -2.42. The number of carbonyl (C=O) groups excluding carboxylic acids is 2. The molecule has 18 heavy (non-hydrogen) atoms. The smallest absolute Gasteiger partial charge is 0.273 e. The van der Waals surface area contributed by atoms with E-state index in [9.17, 15) is 18.4 Å². The molecular weight excluding hydrogens is 262 g/mol. The molecule has 1 aromatic rings. The maximum absolute atomic E-state index is 13.0. The molecule has 0 unspecified atom stereocenters. The highest BCUT2D eigenvalue weighted by molar-refractivity contribution is 7.11. The van der Waals surface area contributed by atoms with E-state index in [4.69, 9.17) is 0 Å². The molecule has 0 spiro atoms. The second-order valence-electron chi connectivity index (χ2n) is 4.24. The van der Waals surface area contributed by atoms with Crippen LogP contribution in [-0.4, -0.2) is 40.6 Å². The maximum Gasteiger partial charge on any atom is 0.273 e. The van der Waals surface area contributed by atoms with Crippen molar-refractivity contribution in [1.82, 2.24) is 9.88 Å². The molecule has 4 nitrogen and oxygen atoms in total. The quantitative estimate of drug-likeness (QED) is 0.777. The normalized spacial score (nSPS) is 18.7. The number of piperidine rings is 1. The van der Waals surface area contributed by atoms with Crippen LogP contribution in [-0.2, 0) is 0 Å². The summed E-state index contributed by atoms with van der Waals surface area (Å²) < 4.78 is 25.9. The number of likely N-dealkylation sites (tertiary alicyclic amines) is 1. The van der Waals surface area contributed by atoms with E-state index in [1.807, 2.05) is 0 Å². The molecule has 1 saturated heterocycles. The standard InChI is InChI=1S/C11H12F2N2O2S/c1-7(16)9-14-8(6-18-9)10(17)15-4-2-11(12,13)3-5-15/h6H,2-5H2,1H3. The first-order chi connectivity index (χ1) is 8.39. The lowest BCUT2D eigenvalue weighted by molar-refractivity contribution is -0.0495. The van der Waals surface area contributed by atoms with Crippen LogP contribution in [0.2, 0.25) is 0 Å². The van der Waals surface area contributed by atoms with E-state index in [1.165, 1.54) is 17.2 Å². The molecule has 1 amide bonds. The van der Waals surface area contributed by atoms with E-state index in [0.717, 1.165) is 11.3 Å². The van der Waals surface area contributed by atoms with Gasteiger partial charge < -0.3 is 4.90 Å². The zero-order chi connectivity index (χ0) is 13.3. The van der Waals surface area contributed by atoms with Gasteiger partial charge in [0.1, 0.15) is 5.69 Å². The van der Waals surface area contributed by atoms with Crippen LogP contribution in [0.4, 0.5) is 8.78 Å². The molecule has 2 rings (SSSR count). The van der Waals surface area contributed by atoms with E-state index < -0.39 is 5.92 Å². The molecule has 0 radical (unpaired) electrons. The van der Waals surface area contributed by atoms with Crippen LogP contribution in [0.25, 0.3) is 0 Å². The van der Waals surface area contributed by atoms with Crippen LogP contribution in [0.3, 0.4) is 0 Å². The number of hydrogen-bond donors (Lipinski definition) is 0. The molecule has 0 N–H and O–H groups in total.